The average molecular weight is 275 g/mol. The molecule has 0 bridgehead atoms. The Morgan fingerprint density at radius 1 is 1.30 bits per heavy atom. The zero-order valence-corrected chi connectivity index (χ0v) is 13.5. The van der Waals surface area contributed by atoms with E-state index in [9.17, 15) is 0 Å². The maximum atomic E-state index is 5.94. The second-order valence-corrected chi connectivity index (χ2v) is 7.01. The molecule has 1 aliphatic heterocycles. The molecule has 1 fully saturated rings. The highest BCUT2D eigenvalue weighted by Gasteiger charge is 2.15. The van der Waals surface area contributed by atoms with E-state index in [0.717, 1.165) is 24.8 Å². The first-order valence-corrected chi connectivity index (χ1v) is 7.94. The Morgan fingerprint density at radius 3 is 2.70 bits per heavy atom. The van der Waals surface area contributed by atoms with E-state index >= 15 is 0 Å². The van der Waals surface area contributed by atoms with Crippen molar-refractivity contribution in [2.45, 2.75) is 64.8 Å². The molecule has 0 radical (unpaired) electrons. The first kappa shape index (κ1) is 15.4. The highest BCUT2D eigenvalue weighted by Crippen LogP contribution is 2.27. The first-order valence-electron chi connectivity index (χ1n) is 7.94. The van der Waals surface area contributed by atoms with Crippen molar-refractivity contribution in [1.29, 1.82) is 0 Å². The number of hydrogen-bond acceptors (Lipinski definition) is 2. The Bertz CT molecular complexity index is 428. The summed E-state index contributed by atoms with van der Waals surface area (Å²) in [6.07, 6.45) is 5.04. The molecule has 1 saturated heterocycles. The minimum Gasteiger partial charge on any atom is -0.493 e. The molecule has 0 saturated carbocycles. The maximum absolute atomic E-state index is 5.94. The van der Waals surface area contributed by atoms with Crippen molar-refractivity contribution in [2.75, 3.05) is 13.2 Å². The Morgan fingerprint density at radius 2 is 2.10 bits per heavy atom. The molecule has 2 nitrogen and oxygen atoms in total. The molecule has 2 rings (SSSR count). The fourth-order valence-electron chi connectivity index (χ4n) is 2.79. The molecule has 1 atom stereocenters. The van der Waals surface area contributed by atoms with E-state index in [0.29, 0.717) is 0 Å². The van der Waals surface area contributed by atoms with Gasteiger partial charge in [-0.25, -0.2) is 0 Å². The summed E-state index contributed by atoms with van der Waals surface area (Å²) in [4.78, 5) is 0. The van der Waals surface area contributed by atoms with Gasteiger partial charge in [0.25, 0.3) is 0 Å². The molecule has 20 heavy (non-hydrogen) atoms. The van der Waals surface area contributed by atoms with Gasteiger partial charge >= 0.3 is 0 Å². The third kappa shape index (κ3) is 4.24. The van der Waals surface area contributed by atoms with Gasteiger partial charge in [-0.1, -0.05) is 32.9 Å². The normalized spacial score (nSPS) is 19.3. The second kappa shape index (κ2) is 6.62. The number of hydrogen-bond donors (Lipinski definition) is 1. The number of nitrogens with one attached hydrogen (secondary N) is 1. The number of benzene rings is 1. The van der Waals surface area contributed by atoms with E-state index in [1.165, 1.54) is 36.9 Å². The van der Waals surface area contributed by atoms with Gasteiger partial charge in [0.2, 0.25) is 0 Å². The van der Waals surface area contributed by atoms with E-state index in [4.69, 9.17) is 4.74 Å². The predicted octanol–water partition coefficient (Wildman–Crippen LogP) is 4.20. The van der Waals surface area contributed by atoms with E-state index in [-0.39, 0.29) is 5.41 Å². The third-order valence-electron chi connectivity index (χ3n) is 4.16. The largest absolute Gasteiger partial charge is 0.493 e. The monoisotopic (exact) mass is 275 g/mol. The lowest BCUT2D eigenvalue weighted by Crippen LogP contribution is -2.21. The summed E-state index contributed by atoms with van der Waals surface area (Å²) < 4.78 is 5.94. The van der Waals surface area contributed by atoms with E-state index in [2.05, 4.69) is 51.2 Å². The van der Waals surface area contributed by atoms with Crippen LogP contribution in [0.1, 0.15) is 57.6 Å². The molecule has 1 aromatic carbocycles. The fourth-order valence-corrected chi connectivity index (χ4v) is 2.79. The molecule has 112 valence electrons. The SMILES string of the molecule is Cc1cc(C(C)(C)C)ccc1OCCCC1CCCN1. The van der Waals surface area contributed by atoms with Crippen LogP contribution in [0, 0.1) is 6.92 Å². The summed E-state index contributed by atoms with van der Waals surface area (Å²) >= 11 is 0. The lowest BCUT2D eigenvalue weighted by atomic mass is 9.86. The van der Waals surface area contributed by atoms with Crippen molar-refractivity contribution in [3.63, 3.8) is 0 Å². The summed E-state index contributed by atoms with van der Waals surface area (Å²) in [7, 11) is 0. The zero-order valence-electron chi connectivity index (χ0n) is 13.5. The van der Waals surface area contributed by atoms with Gasteiger partial charge in [-0.05, 0) is 61.8 Å². The van der Waals surface area contributed by atoms with E-state index in [1.54, 1.807) is 0 Å². The molecule has 1 unspecified atom stereocenters. The first-order chi connectivity index (χ1) is 9.47. The fraction of sp³-hybridized carbons (Fsp3) is 0.667. The van der Waals surface area contributed by atoms with Crippen LogP contribution in [-0.2, 0) is 5.41 Å². The van der Waals surface area contributed by atoms with Crippen LogP contribution in [0.2, 0.25) is 0 Å². The van der Waals surface area contributed by atoms with Crippen LogP contribution >= 0.6 is 0 Å². The van der Waals surface area contributed by atoms with Gasteiger partial charge in [0, 0.05) is 6.04 Å². The van der Waals surface area contributed by atoms with Crippen molar-refractivity contribution in [1.82, 2.24) is 5.32 Å². The summed E-state index contributed by atoms with van der Waals surface area (Å²) in [5, 5.41) is 3.54. The molecule has 0 spiro atoms. The van der Waals surface area contributed by atoms with Gasteiger partial charge in [-0.15, -0.1) is 0 Å². The maximum Gasteiger partial charge on any atom is 0.122 e. The number of aryl methyl sites for hydroxylation is 1. The van der Waals surface area contributed by atoms with Crippen molar-refractivity contribution in [2.24, 2.45) is 0 Å². The quantitative estimate of drug-likeness (QED) is 0.813. The van der Waals surface area contributed by atoms with Crippen molar-refractivity contribution in [3.05, 3.63) is 29.3 Å². The topological polar surface area (TPSA) is 21.3 Å². The van der Waals surface area contributed by atoms with Crippen LogP contribution < -0.4 is 10.1 Å². The standard InChI is InChI=1S/C18H29NO/c1-14-13-15(18(2,3)4)9-10-17(14)20-12-6-8-16-7-5-11-19-16/h9-10,13,16,19H,5-8,11-12H2,1-4H3. The molecule has 1 heterocycles. The average Bonchev–Trinajstić information content (AvgIpc) is 2.88. The molecule has 0 aromatic heterocycles. The Hall–Kier alpha value is -1.02. The van der Waals surface area contributed by atoms with Gasteiger partial charge in [0.05, 0.1) is 6.61 Å². The minimum absolute atomic E-state index is 0.206. The number of ether oxygens (including phenoxy) is 1. The van der Waals surface area contributed by atoms with Crippen LogP contribution in [0.5, 0.6) is 5.75 Å². The van der Waals surface area contributed by atoms with Gasteiger partial charge in [0.1, 0.15) is 5.75 Å². The van der Waals surface area contributed by atoms with Gasteiger partial charge in [-0.3, -0.25) is 0 Å². The molecule has 1 N–H and O–H groups in total. The third-order valence-corrected chi connectivity index (χ3v) is 4.16. The highest BCUT2D eigenvalue weighted by molar-refractivity contribution is 5.38. The predicted molar refractivity (Wildman–Crippen MR) is 85.6 cm³/mol. The van der Waals surface area contributed by atoms with Crippen LogP contribution in [0.15, 0.2) is 18.2 Å². The summed E-state index contributed by atoms with van der Waals surface area (Å²) in [6.45, 7) is 10.9. The van der Waals surface area contributed by atoms with Gasteiger partial charge < -0.3 is 10.1 Å². The Balaban J connectivity index is 1.80. The molecule has 0 aliphatic carbocycles. The molecule has 2 heteroatoms. The summed E-state index contributed by atoms with van der Waals surface area (Å²) in [5.74, 6) is 1.04. The molecular weight excluding hydrogens is 246 g/mol. The molecule has 1 aromatic rings. The zero-order chi connectivity index (χ0) is 14.6. The van der Waals surface area contributed by atoms with Crippen LogP contribution in [-0.4, -0.2) is 19.2 Å². The lowest BCUT2D eigenvalue weighted by Gasteiger charge is -2.20. The molecule has 0 amide bonds. The smallest absolute Gasteiger partial charge is 0.122 e. The van der Waals surface area contributed by atoms with E-state index in [1.807, 2.05) is 0 Å². The highest BCUT2D eigenvalue weighted by atomic mass is 16.5. The van der Waals surface area contributed by atoms with Crippen LogP contribution in [0.4, 0.5) is 0 Å². The Labute approximate surface area is 123 Å². The molecular formula is C18H29NO. The Kier molecular flexibility index (Phi) is 5.09. The minimum atomic E-state index is 0.206. The van der Waals surface area contributed by atoms with E-state index < -0.39 is 0 Å². The van der Waals surface area contributed by atoms with Crippen LogP contribution in [0.3, 0.4) is 0 Å². The second-order valence-electron chi connectivity index (χ2n) is 7.01. The summed E-state index contributed by atoms with van der Waals surface area (Å²) in [6, 6.07) is 7.31. The van der Waals surface area contributed by atoms with Crippen molar-refractivity contribution >= 4 is 0 Å². The van der Waals surface area contributed by atoms with Gasteiger partial charge in [0.15, 0.2) is 0 Å². The summed E-state index contributed by atoms with van der Waals surface area (Å²) in [5.41, 5.74) is 2.83. The van der Waals surface area contributed by atoms with Crippen molar-refractivity contribution in [3.8, 4) is 5.75 Å². The van der Waals surface area contributed by atoms with Crippen molar-refractivity contribution < 1.29 is 4.74 Å². The lowest BCUT2D eigenvalue weighted by molar-refractivity contribution is 0.297. The van der Waals surface area contributed by atoms with Gasteiger partial charge in [-0.2, -0.15) is 0 Å². The van der Waals surface area contributed by atoms with Crippen LogP contribution in [0.25, 0.3) is 0 Å². The molecule has 1 aliphatic rings. The number of rotatable bonds is 5.